The molecule has 0 bridgehead atoms. The smallest absolute Gasteiger partial charge is 0.311 e. The van der Waals surface area contributed by atoms with E-state index in [1.54, 1.807) is 48.6 Å². The summed E-state index contributed by atoms with van der Waals surface area (Å²) in [5.41, 5.74) is 4.61. The van der Waals surface area contributed by atoms with E-state index in [4.69, 9.17) is 42.7 Å². The molecular formula is C50H82N6O15. The topological polar surface area (TPSA) is 247 Å². The molecule has 0 aromatic heterocycles. The van der Waals surface area contributed by atoms with Crippen molar-refractivity contribution in [1.29, 1.82) is 0 Å². The molecule has 71 heavy (non-hydrogen) atoms. The second-order valence-electron chi connectivity index (χ2n) is 21.5. The van der Waals surface area contributed by atoms with Gasteiger partial charge in [0.2, 0.25) is 6.79 Å². The van der Waals surface area contributed by atoms with Gasteiger partial charge in [0.15, 0.2) is 30.2 Å². The fraction of sp³-hybridized carbons (Fsp3) is 0.800. The Kier molecular flexibility index (Phi) is 17.6. The van der Waals surface area contributed by atoms with Crippen LogP contribution in [0.1, 0.15) is 106 Å². The first-order valence-corrected chi connectivity index (χ1v) is 25.3. The maximum absolute atomic E-state index is 14.4. The highest BCUT2D eigenvalue weighted by Crippen LogP contribution is 2.40. The highest BCUT2D eigenvalue weighted by molar-refractivity contribution is 6.01. The standard InChI is InChI=1S/C50H82N6O15/c1-13-39-50(9,62)43(58)30(5)54(10)19-17-48(7,61)45(28(3)42(29(4)46(60)68-39)69-40-23-49(8,63-12)44(59)31(6)67-40)70-47-41(57)36(20-27(2)66-47)55(11)18-16-33-24-56(53-51-33)25-34-22-35(52-71-34)32-14-15-37-38(21-32)65-26-64-37/h14-15,21,24,27-31,34,36,39-45,47,51,53,57-59,61-62H,13,16-20,22-23,25-26H2,1-12H3/t27-,28+,29-,30-,31+,34-,36+,39-,40+,41-,42+,43-,44+,45-,47+,48-,49-,50-/m1/s1. The number of fused-ring (bicyclic) bond motifs is 1. The zero-order valence-corrected chi connectivity index (χ0v) is 43.6. The predicted molar refractivity (Wildman–Crippen MR) is 258 cm³/mol. The normalized spacial score (nSPS) is 41.7. The lowest BCUT2D eigenvalue weighted by atomic mass is 9.79. The van der Waals surface area contributed by atoms with Crippen LogP contribution in [0, 0.1) is 11.8 Å². The predicted octanol–water partition coefficient (Wildman–Crippen LogP) is 2.11. The van der Waals surface area contributed by atoms with E-state index in [2.05, 4.69) is 21.0 Å². The molecule has 0 saturated carbocycles. The van der Waals surface area contributed by atoms with E-state index >= 15 is 0 Å². The summed E-state index contributed by atoms with van der Waals surface area (Å²) in [6.07, 6.45) is -6.02. The Morgan fingerprint density at radius 1 is 1.00 bits per heavy atom. The van der Waals surface area contributed by atoms with Crippen molar-refractivity contribution in [2.24, 2.45) is 17.0 Å². The Labute approximate surface area is 418 Å². The third-order valence-corrected chi connectivity index (χ3v) is 16.0. The van der Waals surface area contributed by atoms with E-state index < -0.39 is 102 Å². The van der Waals surface area contributed by atoms with Gasteiger partial charge in [-0.15, -0.1) is 5.53 Å². The number of carbonyl (C=O) groups is 1. The van der Waals surface area contributed by atoms with Gasteiger partial charge in [-0.2, -0.15) is 0 Å². The first-order valence-electron chi connectivity index (χ1n) is 25.3. The molecule has 7 N–H and O–H groups in total. The van der Waals surface area contributed by atoms with Gasteiger partial charge in [-0.25, -0.2) is 0 Å². The fourth-order valence-electron chi connectivity index (χ4n) is 10.9. The largest absolute Gasteiger partial charge is 0.459 e. The highest BCUT2D eigenvalue weighted by atomic mass is 16.7. The van der Waals surface area contributed by atoms with Crippen LogP contribution in [0.2, 0.25) is 0 Å². The summed E-state index contributed by atoms with van der Waals surface area (Å²) < 4.78 is 49.1. The van der Waals surface area contributed by atoms with E-state index in [9.17, 15) is 30.3 Å². The molecule has 1 aromatic carbocycles. The second-order valence-corrected chi connectivity index (χ2v) is 21.5. The molecule has 21 nitrogen and oxygen atoms in total. The summed E-state index contributed by atoms with van der Waals surface area (Å²) >= 11 is 0. The Morgan fingerprint density at radius 2 is 1.73 bits per heavy atom. The van der Waals surface area contributed by atoms with Crippen molar-refractivity contribution in [2.45, 2.75) is 197 Å². The number of aliphatic hydroxyl groups excluding tert-OH is 3. The molecule has 1 aromatic rings. The number of hydrogen-bond donors (Lipinski definition) is 7. The monoisotopic (exact) mass is 1010 g/mol. The quantitative estimate of drug-likeness (QED) is 0.140. The summed E-state index contributed by atoms with van der Waals surface area (Å²) in [6.45, 7) is 17.0. The Morgan fingerprint density at radius 3 is 2.45 bits per heavy atom. The number of benzene rings is 1. The van der Waals surface area contributed by atoms with Gasteiger partial charge in [0.25, 0.3) is 0 Å². The number of hydrogen-bond acceptors (Lipinski definition) is 21. The molecule has 21 heteroatoms. The number of hydrazine groups is 2. The fourth-order valence-corrected chi connectivity index (χ4v) is 10.9. The van der Waals surface area contributed by atoms with Crippen LogP contribution in [-0.2, 0) is 38.1 Å². The number of methoxy groups -OCH3 is 1. The summed E-state index contributed by atoms with van der Waals surface area (Å²) in [5.74, 6) is -1.16. The van der Waals surface area contributed by atoms with Gasteiger partial charge in [0.05, 0.1) is 53.8 Å². The van der Waals surface area contributed by atoms with Crippen molar-refractivity contribution < 1.29 is 73.1 Å². The number of likely N-dealkylation sites (N-methyl/N-ethyl adjacent to an activating group) is 2. The van der Waals surface area contributed by atoms with Gasteiger partial charge in [-0.1, -0.05) is 19.0 Å². The molecule has 3 fully saturated rings. The lowest BCUT2D eigenvalue weighted by Crippen LogP contribution is -2.62. The van der Waals surface area contributed by atoms with Crippen LogP contribution in [0.4, 0.5) is 0 Å². The molecule has 0 spiro atoms. The molecule has 6 aliphatic heterocycles. The average molecular weight is 1010 g/mol. The molecule has 0 radical (unpaired) electrons. The second kappa shape index (κ2) is 22.6. The van der Waals surface area contributed by atoms with E-state index in [0.717, 1.165) is 17.0 Å². The number of ether oxygens (including phenoxy) is 8. The maximum atomic E-state index is 14.4. The van der Waals surface area contributed by atoms with Crippen LogP contribution in [0.3, 0.4) is 0 Å². The molecule has 18 atom stereocenters. The zero-order chi connectivity index (χ0) is 51.7. The minimum atomic E-state index is -1.84. The minimum absolute atomic E-state index is 0.105. The van der Waals surface area contributed by atoms with Gasteiger partial charge in [-0.05, 0) is 100 Å². The zero-order valence-electron chi connectivity index (χ0n) is 43.6. The molecule has 3 saturated heterocycles. The number of nitrogens with zero attached hydrogens (tertiary/aromatic N) is 4. The van der Waals surface area contributed by atoms with Crippen molar-refractivity contribution in [3.8, 4) is 11.5 Å². The number of esters is 1. The molecule has 6 aliphatic rings. The van der Waals surface area contributed by atoms with E-state index in [1.165, 1.54) is 14.0 Å². The van der Waals surface area contributed by atoms with Crippen LogP contribution in [0.15, 0.2) is 35.3 Å². The van der Waals surface area contributed by atoms with Gasteiger partial charge < -0.3 is 83.5 Å². The third-order valence-electron chi connectivity index (χ3n) is 16.0. The molecular weight excluding hydrogens is 925 g/mol. The highest BCUT2D eigenvalue weighted by Gasteiger charge is 2.53. The van der Waals surface area contributed by atoms with Gasteiger partial charge >= 0.3 is 5.97 Å². The molecule has 6 heterocycles. The van der Waals surface area contributed by atoms with E-state index in [0.29, 0.717) is 43.9 Å². The maximum Gasteiger partial charge on any atom is 0.311 e. The minimum Gasteiger partial charge on any atom is -0.459 e. The molecule has 0 unspecified atom stereocenters. The van der Waals surface area contributed by atoms with E-state index in [1.807, 2.05) is 55.2 Å². The third kappa shape index (κ3) is 12.2. The van der Waals surface area contributed by atoms with Crippen molar-refractivity contribution in [2.75, 3.05) is 47.6 Å². The Hall–Kier alpha value is -3.42. The Balaban J connectivity index is 1.07. The first-order chi connectivity index (χ1) is 33.5. The summed E-state index contributed by atoms with van der Waals surface area (Å²) in [4.78, 5) is 24.1. The SMILES string of the molecule is CC[C@H]1OC(=O)[C@H](C)[C@@H](O[C@H]2C[C@@](C)(OC)[C@@H](O)[C@H](C)O2)[C@H](C)[C@@H](O[C@@H]2O[C@H](C)C[C@H](N(C)CCC3=CN(C[C@H]4CC(c5ccc6c(c5)OCO6)=NO4)NN3)[C@H]2O)[C@](C)(O)CCN(C)[C@H](C)[C@@H](O)[C@]1(C)O. The van der Waals surface area contributed by atoms with Crippen molar-refractivity contribution in [1.82, 2.24) is 25.8 Å². The molecule has 7 rings (SSSR count). The Bertz CT molecular complexity index is 2030. The number of rotatable bonds is 13. The molecule has 0 aliphatic carbocycles. The number of carbonyl (C=O) groups excluding carboxylic acids is 1. The van der Waals surface area contributed by atoms with Crippen molar-refractivity contribution >= 4 is 11.7 Å². The lowest BCUT2D eigenvalue weighted by Gasteiger charge is -2.49. The van der Waals surface area contributed by atoms with Gasteiger partial charge in [-0.3, -0.25) is 9.80 Å². The number of cyclic esters (lactones) is 1. The first kappa shape index (κ1) is 55.3. The summed E-state index contributed by atoms with van der Waals surface area (Å²) in [6, 6.07) is 4.72. The number of oxime groups is 1. The summed E-state index contributed by atoms with van der Waals surface area (Å²) in [5, 5.41) is 65.6. The van der Waals surface area contributed by atoms with Crippen LogP contribution in [0.5, 0.6) is 11.5 Å². The number of nitrogens with one attached hydrogen (secondary N) is 2. The van der Waals surface area contributed by atoms with Crippen LogP contribution < -0.4 is 20.4 Å². The van der Waals surface area contributed by atoms with Crippen molar-refractivity contribution in [3.63, 3.8) is 0 Å². The van der Waals surface area contributed by atoms with E-state index in [-0.39, 0.29) is 44.8 Å². The molecule has 0 amide bonds. The van der Waals surface area contributed by atoms with Gasteiger partial charge in [0, 0.05) is 74.9 Å². The van der Waals surface area contributed by atoms with Crippen LogP contribution in [0.25, 0.3) is 0 Å². The lowest BCUT2D eigenvalue weighted by molar-refractivity contribution is -0.318. The average Bonchev–Trinajstić information content (AvgIpc) is 4.13. The number of aliphatic hydroxyl groups is 5. The van der Waals surface area contributed by atoms with Gasteiger partial charge in [0.1, 0.15) is 30.0 Å². The summed E-state index contributed by atoms with van der Waals surface area (Å²) in [7, 11) is 5.24. The van der Waals surface area contributed by atoms with Crippen LogP contribution >= 0.6 is 0 Å². The molecule has 402 valence electrons. The van der Waals surface area contributed by atoms with Crippen LogP contribution in [-0.4, -0.2) is 196 Å². The van der Waals surface area contributed by atoms with Crippen molar-refractivity contribution in [3.05, 3.63) is 35.7 Å².